The maximum atomic E-state index is 13.3. The number of benzene rings is 3. The summed E-state index contributed by atoms with van der Waals surface area (Å²) in [4.78, 5) is 12.7. The first-order valence-electron chi connectivity index (χ1n) is 9.79. The Balaban J connectivity index is 1.63. The average molecular weight is 509 g/mol. The van der Waals surface area contributed by atoms with Gasteiger partial charge in [-0.1, -0.05) is 65.7 Å². The van der Waals surface area contributed by atoms with Crippen molar-refractivity contribution in [2.45, 2.75) is 10.6 Å². The predicted octanol–water partition coefficient (Wildman–Crippen LogP) is 5.24. The fourth-order valence-corrected chi connectivity index (χ4v) is 5.71. The number of carbonyl (C=O) groups excluding carboxylic acids is 1. The molecule has 0 saturated carbocycles. The van der Waals surface area contributed by atoms with Crippen LogP contribution in [0.2, 0.25) is 10.0 Å². The van der Waals surface area contributed by atoms with E-state index in [-0.39, 0.29) is 22.2 Å². The Morgan fingerprint density at radius 1 is 0.938 bits per heavy atom. The number of rotatable bonds is 10. The topological polar surface area (TPSA) is 66.5 Å². The Morgan fingerprint density at radius 2 is 1.66 bits per heavy atom. The lowest BCUT2D eigenvalue weighted by Gasteiger charge is -2.25. The molecule has 0 aromatic heterocycles. The molecule has 0 bridgehead atoms. The summed E-state index contributed by atoms with van der Waals surface area (Å²) in [5.74, 6) is 1.04. The molecule has 1 amide bonds. The molecule has 0 fully saturated rings. The zero-order valence-corrected chi connectivity index (χ0v) is 20.2. The molecule has 0 aliphatic rings. The minimum atomic E-state index is -3.98. The summed E-state index contributed by atoms with van der Waals surface area (Å²) in [5.41, 5.74) is 1.36. The lowest BCUT2D eigenvalue weighted by Crippen LogP contribution is -2.41. The summed E-state index contributed by atoms with van der Waals surface area (Å²) in [6, 6.07) is 22.2. The lowest BCUT2D eigenvalue weighted by molar-refractivity contribution is -0.119. The largest absolute Gasteiger partial charge is 0.354 e. The van der Waals surface area contributed by atoms with Crippen molar-refractivity contribution in [1.82, 2.24) is 5.32 Å². The van der Waals surface area contributed by atoms with Crippen molar-refractivity contribution >= 4 is 56.6 Å². The van der Waals surface area contributed by atoms with Gasteiger partial charge in [-0.25, -0.2) is 8.42 Å². The van der Waals surface area contributed by atoms with Crippen molar-refractivity contribution in [2.75, 3.05) is 23.1 Å². The SMILES string of the molecule is O=C(CN(c1ccccc1Cl)S(=O)(=O)c1ccccc1)NCCSCc1cccc(Cl)c1. The highest BCUT2D eigenvalue weighted by Gasteiger charge is 2.28. The third kappa shape index (κ3) is 6.65. The number of halogens is 2. The lowest BCUT2D eigenvalue weighted by atomic mass is 10.2. The van der Waals surface area contributed by atoms with Gasteiger partial charge in [-0.15, -0.1) is 0 Å². The highest BCUT2D eigenvalue weighted by molar-refractivity contribution is 7.98. The molecule has 32 heavy (non-hydrogen) atoms. The van der Waals surface area contributed by atoms with Crippen LogP contribution in [0.1, 0.15) is 5.56 Å². The number of sulfonamides is 1. The van der Waals surface area contributed by atoms with E-state index in [0.29, 0.717) is 17.3 Å². The minimum Gasteiger partial charge on any atom is -0.354 e. The Kier molecular flexibility index (Phi) is 8.87. The molecule has 0 atom stereocenters. The van der Waals surface area contributed by atoms with Crippen LogP contribution in [0.5, 0.6) is 0 Å². The highest BCUT2D eigenvalue weighted by atomic mass is 35.5. The van der Waals surface area contributed by atoms with Crippen molar-refractivity contribution in [3.8, 4) is 0 Å². The Labute approximate surface area is 202 Å². The number of hydrogen-bond donors (Lipinski definition) is 1. The second-order valence-electron chi connectivity index (χ2n) is 6.81. The highest BCUT2D eigenvalue weighted by Crippen LogP contribution is 2.30. The van der Waals surface area contributed by atoms with E-state index in [2.05, 4.69) is 5.32 Å². The molecule has 0 unspecified atom stereocenters. The molecule has 3 aromatic rings. The van der Waals surface area contributed by atoms with Crippen molar-refractivity contribution < 1.29 is 13.2 Å². The van der Waals surface area contributed by atoms with Gasteiger partial charge in [0.2, 0.25) is 5.91 Å². The first kappa shape index (κ1) is 24.5. The van der Waals surface area contributed by atoms with Crippen LogP contribution in [0, 0.1) is 0 Å². The maximum absolute atomic E-state index is 13.3. The molecule has 3 aromatic carbocycles. The summed E-state index contributed by atoms with van der Waals surface area (Å²) in [6.07, 6.45) is 0. The summed E-state index contributed by atoms with van der Waals surface area (Å²) in [6.45, 7) is 0.0335. The summed E-state index contributed by atoms with van der Waals surface area (Å²) >= 11 is 13.9. The minimum absolute atomic E-state index is 0.0878. The molecule has 0 spiro atoms. The van der Waals surface area contributed by atoms with Gasteiger partial charge >= 0.3 is 0 Å². The van der Waals surface area contributed by atoms with Crippen LogP contribution >= 0.6 is 35.0 Å². The zero-order chi connectivity index (χ0) is 23.0. The standard InChI is InChI=1S/C23H22Cl2N2O3S2/c24-19-8-6-7-18(15-19)17-31-14-13-26-23(28)16-27(22-12-5-4-11-21(22)25)32(29,30)20-9-2-1-3-10-20/h1-12,15H,13-14,16-17H2,(H,26,28). The molecular weight excluding hydrogens is 487 g/mol. The van der Waals surface area contributed by atoms with Gasteiger partial charge < -0.3 is 5.32 Å². The van der Waals surface area contributed by atoms with Crippen molar-refractivity contribution in [1.29, 1.82) is 0 Å². The van der Waals surface area contributed by atoms with Gasteiger partial charge in [0.25, 0.3) is 10.0 Å². The Morgan fingerprint density at radius 3 is 2.38 bits per heavy atom. The van der Waals surface area contributed by atoms with Gasteiger partial charge in [0.05, 0.1) is 15.6 Å². The van der Waals surface area contributed by atoms with Gasteiger partial charge in [0, 0.05) is 23.1 Å². The van der Waals surface area contributed by atoms with Gasteiger partial charge in [0.1, 0.15) is 6.54 Å². The molecule has 5 nitrogen and oxygen atoms in total. The second-order valence-corrected chi connectivity index (χ2v) is 10.6. The van der Waals surface area contributed by atoms with Gasteiger partial charge in [0.15, 0.2) is 0 Å². The molecule has 9 heteroatoms. The fourth-order valence-electron chi connectivity index (χ4n) is 2.94. The van der Waals surface area contributed by atoms with E-state index < -0.39 is 15.9 Å². The normalized spacial score (nSPS) is 11.2. The van der Waals surface area contributed by atoms with E-state index in [1.165, 1.54) is 12.1 Å². The van der Waals surface area contributed by atoms with E-state index in [9.17, 15) is 13.2 Å². The molecule has 1 N–H and O–H groups in total. The number of para-hydroxylation sites is 1. The quantitative estimate of drug-likeness (QED) is 0.380. The van der Waals surface area contributed by atoms with Crippen LogP contribution in [-0.4, -0.2) is 33.2 Å². The van der Waals surface area contributed by atoms with Crippen molar-refractivity contribution in [3.63, 3.8) is 0 Å². The number of nitrogens with zero attached hydrogens (tertiary/aromatic N) is 1. The fraction of sp³-hybridized carbons (Fsp3) is 0.174. The molecule has 0 heterocycles. The Bertz CT molecular complexity index is 1160. The third-order valence-corrected chi connectivity index (χ3v) is 7.82. The summed E-state index contributed by atoms with van der Waals surface area (Å²) in [7, 11) is -3.98. The maximum Gasteiger partial charge on any atom is 0.264 e. The van der Waals surface area contributed by atoms with Crippen LogP contribution in [-0.2, 0) is 20.6 Å². The molecule has 168 valence electrons. The number of amides is 1. The van der Waals surface area contributed by atoms with Crippen molar-refractivity contribution in [3.05, 3.63) is 94.5 Å². The first-order chi connectivity index (χ1) is 15.4. The number of anilines is 1. The third-order valence-electron chi connectivity index (χ3n) is 4.47. The molecule has 0 radical (unpaired) electrons. The van der Waals surface area contributed by atoms with Crippen LogP contribution in [0.25, 0.3) is 0 Å². The van der Waals surface area contributed by atoms with Gasteiger partial charge in [-0.05, 0) is 42.0 Å². The van der Waals surface area contributed by atoms with E-state index in [1.807, 2.05) is 24.3 Å². The smallest absolute Gasteiger partial charge is 0.264 e. The van der Waals surface area contributed by atoms with E-state index in [0.717, 1.165) is 15.6 Å². The van der Waals surface area contributed by atoms with Crippen LogP contribution in [0.4, 0.5) is 5.69 Å². The molecular formula is C23H22Cl2N2O3S2. The zero-order valence-electron chi connectivity index (χ0n) is 17.1. The molecule has 0 aliphatic carbocycles. The van der Waals surface area contributed by atoms with Crippen molar-refractivity contribution in [2.24, 2.45) is 0 Å². The summed E-state index contributed by atoms with van der Waals surface area (Å²) < 4.78 is 27.5. The van der Waals surface area contributed by atoms with Crippen LogP contribution in [0.15, 0.2) is 83.8 Å². The van der Waals surface area contributed by atoms with Crippen LogP contribution < -0.4 is 9.62 Å². The molecule has 0 saturated heterocycles. The molecule has 3 rings (SSSR count). The van der Waals surface area contributed by atoms with Crippen LogP contribution in [0.3, 0.4) is 0 Å². The second kappa shape index (κ2) is 11.6. The number of carbonyl (C=O) groups is 1. The number of hydrogen-bond acceptors (Lipinski definition) is 4. The average Bonchev–Trinajstić information content (AvgIpc) is 2.78. The Hall–Kier alpha value is -2.19. The predicted molar refractivity (Wildman–Crippen MR) is 133 cm³/mol. The number of thioether (sulfide) groups is 1. The van der Waals surface area contributed by atoms with Gasteiger partial charge in [-0.3, -0.25) is 9.10 Å². The monoisotopic (exact) mass is 508 g/mol. The molecule has 0 aliphatic heterocycles. The van der Waals surface area contributed by atoms with E-state index >= 15 is 0 Å². The van der Waals surface area contributed by atoms with E-state index in [1.54, 1.807) is 54.2 Å². The van der Waals surface area contributed by atoms with E-state index in [4.69, 9.17) is 23.2 Å². The first-order valence-corrected chi connectivity index (χ1v) is 13.1. The summed E-state index contributed by atoms with van der Waals surface area (Å²) in [5, 5.41) is 3.73. The number of nitrogens with one attached hydrogen (secondary N) is 1. The van der Waals surface area contributed by atoms with Gasteiger partial charge in [-0.2, -0.15) is 11.8 Å².